The van der Waals surface area contributed by atoms with Crippen LogP contribution in [0.15, 0.2) is 0 Å². The van der Waals surface area contributed by atoms with E-state index in [0.717, 1.165) is 0 Å². The van der Waals surface area contributed by atoms with Crippen molar-refractivity contribution in [3.8, 4) is 0 Å². The number of carbonyl (C=O) groups is 2. The normalized spacial score (nSPS) is 13.3. The summed E-state index contributed by atoms with van der Waals surface area (Å²) in [5.74, 6) is -0.108. The summed E-state index contributed by atoms with van der Waals surface area (Å²) in [6, 6.07) is -0.216. The summed E-state index contributed by atoms with van der Waals surface area (Å²) in [5, 5.41) is 5.81. The largest absolute Gasteiger partial charge is 0.350 e. The Morgan fingerprint density at radius 3 is 2.06 bits per heavy atom. The van der Waals surface area contributed by atoms with Crippen LogP contribution in [-0.4, -0.2) is 47.9 Å². The van der Waals surface area contributed by atoms with Gasteiger partial charge in [-0.2, -0.15) is 0 Å². The van der Waals surface area contributed by atoms with Crippen LogP contribution in [-0.2, 0) is 9.59 Å². The molecule has 0 radical (unpaired) electrons. The molecule has 0 aliphatic rings. The van der Waals surface area contributed by atoms with Gasteiger partial charge >= 0.3 is 0 Å². The zero-order chi connectivity index (χ0) is 14.5. The van der Waals surface area contributed by atoms with Gasteiger partial charge in [0.05, 0.1) is 12.6 Å². The average Bonchev–Trinajstić information content (AvgIpc) is 2.21. The number of carbonyl (C=O) groups excluding carboxylic acids is 2. The van der Waals surface area contributed by atoms with Gasteiger partial charge in [0.1, 0.15) is 0 Å². The van der Waals surface area contributed by atoms with Crippen LogP contribution in [0.1, 0.15) is 41.5 Å². The Bertz CT molecular complexity index is 295. The molecule has 0 aliphatic carbocycles. The molecule has 0 aromatic carbocycles. The van der Waals surface area contributed by atoms with Crippen LogP contribution in [0.4, 0.5) is 0 Å². The van der Waals surface area contributed by atoms with Gasteiger partial charge in [-0.05, 0) is 41.5 Å². The molecule has 5 nitrogen and oxygen atoms in total. The van der Waals surface area contributed by atoms with Crippen LogP contribution in [0.3, 0.4) is 0 Å². The standard InChI is InChI=1S/C13H27N3O2/c1-9(2)16(7)11(17)8-14-10(3)12(18)15-13(4,5)6/h9-10,14H,8H2,1-7H3,(H,15,18). The molecular weight excluding hydrogens is 230 g/mol. The molecule has 0 spiro atoms. The summed E-state index contributed by atoms with van der Waals surface area (Å²) in [5.41, 5.74) is -0.258. The maximum atomic E-state index is 11.8. The van der Waals surface area contributed by atoms with E-state index in [2.05, 4.69) is 10.6 Å². The van der Waals surface area contributed by atoms with Crippen molar-refractivity contribution >= 4 is 11.8 Å². The Kier molecular flexibility index (Phi) is 6.32. The molecular formula is C13H27N3O2. The molecule has 0 rings (SSSR count). The van der Waals surface area contributed by atoms with Crippen molar-refractivity contribution in [3.63, 3.8) is 0 Å². The third kappa shape index (κ3) is 6.59. The predicted octanol–water partition coefficient (Wildman–Crippen LogP) is 0.746. The van der Waals surface area contributed by atoms with Gasteiger partial charge in [0, 0.05) is 18.6 Å². The fraction of sp³-hybridized carbons (Fsp3) is 0.846. The van der Waals surface area contributed by atoms with Crippen LogP contribution < -0.4 is 10.6 Å². The number of nitrogens with zero attached hydrogens (tertiary/aromatic N) is 1. The Hall–Kier alpha value is -1.10. The molecule has 0 bridgehead atoms. The van der Waals surface area contributed by atoms with E-state index in [1.807, 2.05) is 34.6 Å². The highest BCUT2D eigenvalue weighted by Crippen LogP contribution is 1.99. The van der Waals surface area contributed by atoms with Crippen molar-refractivity contribution in [3.05, 3.63) is 0 Å². The van der Waals surface area contributed by atoms with E-state index in [0.29, 0.717) is 0 Å². The molecule has 2 amide bonds. The Labute approximate surface area is 110 Å². The Morgan fingerprint density at radius 2 is 1.67 bits per heavy atom. The quantitative estimate of drug-likeness (QED) is 0.764. The van der Waals surface area contributed by atoms with Gasteiger partial charge in [0.25, 0.3) is 0 Å². The molecule has 106 valence electrons. The van der Waals surface area contributed by atoms with Crippen molar-refractivity contribution in [2.24, 2.45) is 0 Å². The van der Waals surface area contributed by atoms with Gasteiger partial charge in [-0.3, -0.25) is 14.9 Å². The molecule has 2 N–H and O–H groups in total. The summed E-state index contributed by atoms with van der Waals surface area (Å²) in [7, 11) is 1.76. The zero-order valence-electron chi connectivity index (χ0n) is 12.6. The molecule has 18 heavy (non-hydrogen) atoms. The first-order chi connectivity index (χ1) is 8.04. The lowest BCUT2D eigenvalue weighted by Gasteiger charge is -2.25. The Balaban J connectivity index is 4.15. The number of amides is 2. The van der Waals surface area contributed by atoms with Crippen LogP contribution in [0.25, 0.3) is 0 Å². The fourth-order valence-electron chi connectivity index (χ4n) is 1.22. The van der Waals surface area contributed by atoms with Crippen LogP contribution in [0.5, 0.6) is 0 Å². The summed E-state index contributed by atoms with van der Waals surface area (Å²) in [6.07, 6.45) is 0. The van der Waals surface area contributed by atoms with Gasteiger partial charge in [0.15, 0.2) is 0 Å². The number of hydrogen-bond donors (Lipinski definition) is 2. The maximum absolute atomic E-state index is 11.8. The average molecular weight is 257 g/mol. The first kappa shape index (κ1) is 16.9. The monoisotopic (exact) mass is 257 g/mol. The topological polar surface area (TPSA) is 61.4 Å². The lowest BCUT2D eigenvalue weighted by Crippen LogP contribution is -2.51. The van der Waals surface area contributed by atoms with Crippen molar-refractivity contribution in [2.75, 3.05) is 13.6 Å². The minimum absolute atomic E-state index is 0.0135. The molecule has 1 unspecified atom stereocenters. The van der Waals surface area contributed by atoms with Crippen molar-refractivity contribution < 1.29 is 9.59 Å². The minimum atomic E-state index is -0.381. The SMILES string of the molecule is CC(NCC(=O)N(C)C(C)C)C(=O)NC(C)(C)C. The maximum Gasteiger partial charge on any atom is 0.237 e. The molecule has 0 saturated heterocycles. The number of hydrogen-bond acceptors (Lipinski definition) is 3. The minimum Gasteiger partial charge on any atom is -0.350 e. The third-order valence-electron chi connectivity index (χ3n) is 2.62. The molecule has 0 aliphatic heterocycles. The van der Waals surface area contributed by atoms with Crippen molar-refractivity contribution in [2.45, 2.75) is 59.2 Å². The number of rotatable bonds is 5. The third-order valence-corrected chi connectivity index (χ3v) is 2.62. The smallest absolute Gasteiger partial charge is 0.237 e. The fourth-order valence-corrected chi connectivity index (χ4v) is 1.22. The van der Waals surface area contributed by atoms with Gasteiger partial charge in [-0.25, -0.2) is 0 Å². The highest BCUT2D eigenvalue weighted by atomic mass is 16.2. The molecule has 1 atom stereocenters. The second-order valence-corrected chi connectivity index (χ2v) is 5.94. The first-order valence-electron chi connectivity index (χ1n) is 6.35. The highest BCUT2D eigenvalue weighted by molar-refractivity contribution is 5.83. The van der Waals surface area contributed by atoms with E-state index in [9.17, 15) is 9.59 Å². The van der Waals surface area contributed by atoms with Crippen molar-refractivity contribution in [1.82, 2.24) is 15.5 Å². The Morgan fingerprint density at radius 1 is 1.17 bits per heavy atom. The number of likely N-dealkylation sites (N-methyl/N-ethyl adjacent to an activating group) is 1. The molecule has 0 aromatic rings. The molecule has 5 heteroatoms. The van der Waals surface area contributed by atoms with E-state index in [-0.39, 0.29) is 36.0 Å². The van der Waals surface area contributed by atoms with E-state index in [1.165, 1.54) is 0 Å². The molecule has 0 aromatic heterocycles. The summed E-state index contributed by atoms with van der Waals surface area (Å²) in [4.78, 5) is 25.2. The van der Waals surface area contributed by atoms with Gasteiger partial charge in [-0.1, -0.05) is 0 Å². The number of nitrogens with one attached hydrogen (secondary N) is 2. The molecule has 0 saturated carbocycles. The lowest BCUT2D eigenvalue weighted by atomic mass is 10.1. The van der Waals surface area contributed by atoms with Crippen LogP contribution in [0, 0.1) is 0 Å². The van der Waals surface area contributed by atoms with E-state index < -0.39 is 0 Å². The van der Waals surface area contributed by atoms with Crippen LogP contribution >= 0.6 is 0 Å². The van der Waals surface area contributed by atoms with Gasteiger partial charge < -0.3 is 10.2 Å². The second-order valence-electron chi connectivity index (χ2n) is 5.94. The van der Waals surface area contributed by atoms with Crippen molar-refractivity contribution in [1.29, 1.82) is 0 Å². The van der Waals surface area contributed by atoms with Crippen LogP contribution in [0.2, 0.25) is 0 Å². The summed E-state index contributed by atoms with van der Waals surface area (Å²) in [6.45, 7) is 11.6. The van der Waals surface area contributed by atoms with Gasteiger partial charge in [0.2, 0.25) is 11.8 Å². The second kappa shape index (κ2) is 6.73. The highest BCUT2D eigenvalue weighted by Gasteiger charge is 2.20. The predicted molar refractivity (Wildman–Crippen MR) is 73.3 cm³/mol. The summed E-state index contributed by atoms with van der Waals surface area (Å²) < 4.78 is 0. The van der Waals surface area contributed by atoms with Gasteiger partial charge in [-0.15, -0.1) is 0 Å². The first-order valence-corrected chi connectivity index (χ1v) is 6.35. The van der Waals surface area contributed by atoms with E-state index >= 15 is 0 Å². The zero-order valence-corrected chi connectivity index (χ0v) is 12.6. The molecule has 0 heterocycles. The summed E-state index contributed by atoms with van der Waals surface area (Å²) >= 11 is 0. The molecule has 0 fully saturated rings. The van der Waals surface area contributed by atoms with E-state index in [1.54, 1.807) is 18.9 Å². The lowest BCUT2D eigenvalue weighted by molar-refractivity contribution is -0.130. The van der Waals surface area contributed by atoms with E-state index in [4.69, 9.17) is 0 Å².